The predicted molar refractivity (Wildman–Crippen MR) is 78.0 cm³/mol. The van der Waals surface area contributed by atoms with Gasteiger partial charge in [0.2, 0.25) is 0 Å². The molecule has 96 valence electrons. The van der Waals surface area contributed by atoms with E-state index >= 15 is 0 Å². The maximum atomic E-state index is 4.50. The maximum absolute atomic E-state index is 4.50. The standard InChI is InChI=1S/C16H22N2/c1-5-6-7-8-11-15-14(10-9-12-17-15)13-18-16(2,3)4/h9-10,12-13H,5-7H2,1-4H3. The lowest BCUT2D eigenvalue weighted by Crippen LogP contribution is -2.10. The van der Waals surface area contributed by atoms with Crippen LogP contribution in [0.4, 0.5) is 0 Å². The van der Waals surface area contributed by atoms with Crippen molar-refractivity contribution < 1.29 is 0 Å². The van der Waals surface area contributed by atoms with Crippen LogP contribution in [0.3, 0.4) is 0 Å². The van der Waals surface area contributed by atoms with E-state index in [2.05, 4.69) is 49.5 Å². The first-order chi connectivity index (χ1) is 8.53. The third-order valence-corrected chi connectivity index (χ3v) is 2.29. The molecule has 0 saturated carbocycles. The Kier molecular flexibility index (Phi) is 5.58. The van der Waals surface area contributed by atoms with Crippen molar-refractivity contribution in [2.45, 2.75) is 52.5 Å². The highest BCUT2D eigenvalue weighted by molar-refractivity contribution is 5.82. The van der Waals surface area contributed by atoms with Crippen LogP contribution < -0.4 is 0 Å². The van der Waals surface area contributed by atoms with Crippen LogP contribution in [-0.4, -0.2) is 16.7 Å². The maximum Gasteiger partial charge on any atom is 0.121 e. The minimum Gasteiger partial charge on any atom is -0.287 e. The molecule has 0 saturated heterocycles. The molecule has 0 N–H and O–H groups in total. The Labute approximate surface area is 111 Å². The summed E-state index contributed by atoms with van der Waals surface area (Å²) < 4.78 is 0. The molecule has 2 nitrogen and oxygen atoms in total. The first kappa shape index (κ1) is 14.4. The molecule has 2 heteroatoms. The molecule has 1 aromatic rings. The van der Waals surface area contributed by atoms with Crippen LogP contribution >= 0.6 is 0 Å². The summed E-state index contributed by atoms with van der Waals surface area (Å²) in [5.41, 5.74) is 1.75. The summed E-state index contributed by atoms with van der Waals surface area (Å²) in [4.78, 5) is 8.81. The Morgan fingerprint density at radius 3 is 2.83 bits per heavy atom. The van der Waals surface area contributed by atoms with E-state index in [1.54, 1.807) is 6.20 Å². The molecule has 1 rings (SSSR count). The molecule has 0 unspecified atom stereocenters. The normalized spacial score (nSPS) is 11.3. The fourth-order valence-corrected chi connectivity index (χ4v) is 1.30. The van der Waals surface area contributed by atoms with Gasteiger partial charge >= 0.3 is 0 Å². The second-order valence-electron chi connectivity index (χ2n) is 5.28. The SMILES string of the molecule is CCCCC#Cc1ncccc1C=NC(C)(C)C. The van der Waals surface area contributed by atoms with Crippen LogP contribution in [0.15, 0.2) is 23.3 Å². The molecule has 0 aliphatic rings. The van der Waals surface area contributed by atoms with E-state index < -0.39 is 0 Å². The molecule has 0 amide bonds. The second-order valence-corrected chi connectivity index (χ2v) is 5.28. The molecular formula is C16H22N2. The first-order valence-electron chi connectivity index (χ1n) is 6.52. The molecule has 0 fully saturated rings. The molecule has 0 radical (unpaired) electrons. The van der Waals surface area contributed by atoms with E-state index in [0.29, 0.717) is 0 Å². The van der Waals surface area contributed by atoms with Crippen molar-refractivity contribution in [3.05, 3.63) is 29.6 Å². The third-order valence-electron chi connectivity index (χ3n) is 2.29. The van der Waals surface area contributed by atoms with Gasteiger partial charge in [0.1, 0.15) is 5.69 Å². The lowest BCUT2D eigenvalue weighted by molar-refractivity contribution is 0.586. The summed E-state index contributed by atoms with van der Waals surface area (Å²) in [6, 6.07) is 3.92. The van der Waals surface area contributed by atoms with Gasteiger partial charge in [0, 0.05) is 24.4 Å². The van der Waals surface area contributed by atoms with Crippen LogP contribution in [-0.2, 0) is 0 Å². The van der Waals surface area contributed by atoms with Crippen molar-refractivity contribution in [3.8, 4) is 11.8 Å². The second kappa shape index (κ2) is 6.96. The Morgan fingerprint density at radius 2 is 2.17 bits per heavy atom. The van der Waals surface area contributed by atoms with Crippen molar-refractivity contribution >= 4 is 6.21 Å². The van der Waals surface area contributed by atoms with Gasteiger partial charge < -0.3 is 0 Å². The number of rotatable bonds is 3. The average molecular weight is 242 g/mol. The van der Waals surface area contributed by atoms with Gasteiger partial charge in [-0.3, -0.25) is 4.99 Å². The van der Waals surface area contributed by atoms with Gasteiger partial charge in [0.25, 0.3) is 0 Å². The van der Waals surface area contributed by atoms with Crippen LogP contribution in [0.5, 0.6) is 0 Å². The summed E-state index contributed by atoms with van der Waals surface area (Å²) in [6.45, 7) is 8.40. The highest BCUT2D eigenvalue weighted by Gasteiger charge is 2.05. The van der Waals surface area contributed by atoms with E-state index in [-0.39, 0.29) is 5.54 Å². The highest BCUT2D eigenvalue weighted by Crippen LogP contribution is 2.08. The van der Waals surface area contributed by atoms with Crippen LogP contribution in [0.2, 0.25) is 0 Å². The van der Waals surface area contributed by atoms with E-state index in [0.717, 1.165) is 24.1 Å². The van der Waals surface area contributed by atoms with E-state index in [9.17, 15) is 0 Å². The van der Waals surface area contributed by atoms with Gasteiger partial charge in [-0.05, 0) is 45.2 Å². The van der Waals surface area contributed by atoms with Crippen molar-refractivity contribution in [1.29, 1.82) is 0 Å². The topological polar surface area (TPSA) is 25.2 Å². The molecule has 0 aliphatic heterocycles. The van der Waals surface area contributed by atoms with Crippen molar-refractivity contribution in [2.24, 2.45) is 4.99 Å². The molecule has 1 aromatic heterocycles. The summed E-state index contributed by atoms with van der Waals surface area (Å²) in [5, 5.41) is 0. The van der Waals surface area contributed by atoms with Crippen molar-refractivity contribution in [1.82, 2.24) is 4.98 Å². The van der Waals surface area contributed by atoms with E-state index in [1.165, 1.54) is 6.42 Å². The molecule has 0 atom stereocenters. The number of unbranched alkanes of at least 4 members (excludes halogenated alkanes) is 2. The zero-order chi connectivity index (χ0) is 13.4. The lowest BCUT2D eigenvalue weighted by Gasteiger charge is -2.10. The smallest absolute Gasteiger partial charge is 0.121 e. The fraction of sp³-hybridized carbons (Fsp3) is 0.500. The van der Waals surface area contributed by atoms with Crippen LogP contribution in [0.25, 0.3) is 0 Å². The molecule has 0 bridgehead atoms. The number of hydrogen-bond acceptors (Lipinski definition) is 2. The number of pyridine rings is 1. The molecule has 0 spiro atoms. The number of aromatic nitrogens is 1. The van der Waals surface area contributed by atoms with Gasteiger partial charge in [-0.25, -0.2) is 4.98 Å². The highest BCUT2D eigenvalue weighted by atomic mass is 14.8. The van der Waals surface area contributed by atoms with Crippen LogP contribution in [0, 0.1) is 11.8 Å². The van der Waals surface area contributed by atoms with E-state index in [1.807, 2.05) is 18.3 Å². The zero-order valence-corrected chi connectivity index (χ0v) is 11.8. The Bertz CT molecular complexity index is 456. The average Bonchev–Trinajstić information content (AvgIpc) is 2.32. The number of nitrogens with zero attached hydrogens (tertiary/aromatic N) is 2. The zero-order valence-electron chi connectivity index (χ0n) is 11.8. The minimum atomic E-state index is -0.0667. The first-order valence-corrected chi connectivity index (χ1v) is 6.52. The summed E-state index contributed by atoms with van der Waals surface area (Å²) in [6.07, 6.45) is 6.90. The largest absolute Gasteiger partial charge is 0.287 e. The fourth-order valence-electron chi connectivity index (χ4n) is 1.30. The van der Waals surface area contributed by atoms with Crippen molar-refractivity contribution in [3.63, 3.8) is 0 Å². The number of aliphatic imine (C=N–C) groups is 1. The van der Waals surface area contributed by atoms with Gasteiger partial charge in [-0.15, -0.1) is 0 Å². The van der Waals surface area contributed by atoms with Crippen LogP contribution in [0.1, 0.15) is 58.2 Å². The van der Waals surface area contributed by atoms with E-state index in [4.69, 9.17) is 0 Å². The molecular weight excluding hydrogens is 220 g/mol. The quantitative estimate of drug-likeness (QED) is 0.449. The minimum absolute atomic E-state index is 0.0667. The van der Waals surface area contributed by atoms with Gasteiger partial charge in [-0.1, -0.05) is 19.3 Å². The van der Waals surface area contributed by atoms with Gasteiger partial charge in [0.15, 0.2) is 0 Å². The molecule has 0 aromatic carbocycles. The Hall–Kier alpha value is -1.62. The van der Waals surface area contributed by atoms with Gasteiger partial charge in [0.05, 0.1) is 5.54 Å². The monoisotopic (exact) mass is 242 g/mol. The molecule has 0 aliphatic carbocycles. The lowest BCUT2D eigenvalue weighted by atomic mass is 10.1. The predicted octanol–water partition coefficient (Wildman–Crippen LogP) is 3.84. The third kappa shape index (κ3) is 5.63. The van der Waals surface area contributed by atoms with Crippen molar-refractivity contribution in [2.75, 3.05) is 0 Å². The number of hydrogen-bond donors (Lipinski definition) is 0. The molecule has 18 heavy (non-hydrogen) atoms. The van der Waals surface area contributed by atoms with Gasteiger partial charge in [-0.2, -0.15) is 0 Å². The summed E-state index contributed by atoms with van der Waals surface area (Å²) in [5.74, 6) is 6.30. The summed E-state index contributed by atoms with van der Waals surface area (Å²) >= 11 is 0. The summed E-state index contributed by atoms with van der Waals surface area (Å²) in [7, 11) is 0. The Morgan fingerprint density at radius 1 is 1.39 bits per heavy atom. The molecule has 1 heterocycles. The Balaban J connectivity index is 2.85.